The molecule has 0 aromatic carbocycles. The Bertz CT molecular complexity index is 560. The van der Waals surface area contributed by atoms with E-state index in [2.05, 4.69) is 24.3 Å². The normalized spacial score (nSPS) is 34.3. The molecule has 1 aliphatic carbocycles. The molecule has 2 bridgehead atoms. The van der Waals surface area contributed by atoms with Gasteiger partial charge in [-0.2, -0.15) is 0 Å². The maximum Gasteiger partial charge on any atom is 0.0930 e. The highest BCUT2D eigenvalue weighted by atomic mass is 16.6. The van der Waals surface area contributed by atoms with Gasteiger partial charge in [0.15, 0.2) is 0 Å². The Morgan fingerprint density at radius 3 is 2.44 bits per heavy atom. The van der Waals surface area contributed by atoms with E-state index in [1.54, 1.807) is 19.8 Å². The third-order valence-electron chi connectivity index (χ3n) is 6.42. The summed E-state index contributed by atoms with van der Waals surface area (Å²) >= 11 is 0. The molecule has 0 amide bonds. The summed E-state index contributed by atoms with van der Waals surface area (Å²) < 4.78 is 17.7. The Balaban J connectivity index is 1.81. The highest BCUT2D eigenvalue weighted by molar-refractivity contribution is 5.28. The predicted molar refractivity (Wildman–Crippen MR) is 110 cm³/mol. The van der Waals surface area contributed by atoms with Crippen molar-refractivity contribution in [2.75, 3.05) is 34.0 Å². The quantitative estimate of drug-likeness (QED) is 0.482. The molecular weight excluding hydrogens is 338 g/mol. The van der Waals surface area contributed by atoms with Crippen LogP contribution in [-0.4, -0.2) is 45.2 Å². The largest absolute Gasteiger partial charge is 0.382 e. The van der Waals surface area contributed by atoms with Crippen molar-refractivity contribution >= 4 is 0 Å². The lowest BCUT2D eigenvalue weighted by atomic mass is 9.78. The minimum absolute atomic E-state index is 0.171. The van der Waals surface area contributed by atoms with Crippen molar-refractivity contribution in [3.63, 3.8) is 0 Å². The number of ether oxygens (including phenoxy) is 3. The molecule has 27 heavy (non-hydrogen) atoms. The highest BCUT2D eigenvalue weighted by Gasteiger charge is 2.55. The molecule has 2 saturated heterocycles. The predicted octanol–water partition coefficient (Wildman–Crippen LogP) is 4.31. The summed E-state index contributed by atoms with van der Waals surface area (Å²) in [6.45, 7) is 1.90. The minimum atomic E-state index is -0.171. The average Bonchev–Trinajstić information content (AvgIpc) is 2.93. The van der Waals surface area contributed by atoms with E-state index in [9.17, 15) is 0 Å². The molecule has 2 heterocycles. The fourth-order valence-electron chi connectivity index (χ4n) is 5.27. The van der Waals surface area contributed by atoms with Gasteiger partial charge in [0.1, 0.15) is 0 Å². The van der Waals surface area contributed by atoms with Gasteiger partial charge in [0.05, 0.1) is 24.4 Å². The van der Waals surface area contributed by atoms with Gasteiger partial charge in [-0.1, -0.05) is 29.9 Å². The van der Waals surface area contributed by atoms with Crippen LogP contribution >= 0.6 is 0 Å². The highest BCUT2D eigenvalue weighted by Crippen LogP contribution is 2.52. The van der Waals surface area contributed by atoms with Crippen molar-refractivity contribution in [3.05, 3.63) is 35.5 Å². The number of fused-ring (bicyclic) bond motifs is 2. The van der Waals surface area contributed by atoms with Crippen molar-refractivity contribution in [1.82, 2.24) is 0 Å². The molecule has 0 spiro atoms. The van der Waals surface area contributed by atoms with E-state index < -0.39 is 0 Å². The van der Waals surface area contributed by atoms with Gasteiger partial charge >= 0.3 is 0 Å². The number of hydrogen-bond acceptors (Lipinski definition) is 4. The van der Waals surface area contributed by atoms with Crippen LogP contribution in [0.15, 0.2) is 35.5 Å². The van der Waals surface area contributed by atoms with Crippen molar-refractivity contribution in [1.29, 1.82) is 0 Å². The zero-order chi connectivity index (χ0) is 19.2. The Morgan fingerprint density at radius 2 is 1.89 bits per heavy atom. The van der Waals surface area contributed by atoms with Crippen molar-refractivity contribution in [3.8, 4) is 0 Å². The third kappa shape index (κ3) is 5.11. The van der Waals surface area contributed by atoms with Gasteiger partial charge in [-0.15, -0.1) is 0 Å². The summed E-state index contributed by atoms with van der Waals surface area (Å²) in [7, 11) is 3.55. The summed E-state index contributed by atoms with van der Waals surface area (Å²) in [5.74, 6) is 0.471. The maximum atomic E-state index is 6.60. The second-order valence-corrected chi connectivity index (χ2v) is 8.59. The van der Waals surface area contributed by atoms with E-state index in [0.717, 1.165) is 32.1 Å². The zero-order valence-corrected chi connectivity index (χ0v) is 17.2. The van der Waals surface area contributed by atoms with E-state index in [0.29, 0.717) is 25.7 Å². The molecule has 3 rings (SSSR count). The fraction of sp³-hybridized carbons (Fsp3) is 0.739. The summed E-state index contributed by atoms with van der Waals surface area (Å²) in [6, 6.07) is 0. The molecular formula is C23H37NO3. The van der Waals surface area contributed by atoms with Gasteiger partial charge in [0.2, 0.25) is 0 Å². The van der Waals surface area contributed by atoms with Crippen LogP contribution in [0.1, 0.15) is 57.8 Å². The molecule has 2 N–H and O–H groups in total. The standard InChI is InChI=1S/C23H37NO3/c1-25-17-22-12-13-23(27-22,18-26-2)16-21(15-22)20(9-6-14-24)11-10-19-7-4-3-5-8-19/h6-7,9,11,21H,3-5,8,10,12-18,24H2,1-2H3/b9-6-,20-11+/t21?,22-,23+. The summed E-state index contributed by atoms with van der Waals surface area (Å²) in [5.41, 5.74) is 8.43. The summed E-state index contributed by atoms with van der Waals surface area (Å²) in [4.78, 5) is 0. The lowest BCUT2D eigenvalue weighted by Gasteiger charge is -2.44. The molecule has 0 saturated carbocycles. The maximum absolute atomic E-state index is 6.60. The van der Waals surface area contributed by atoms with Gasteiger partial charge in [-0.05, 0) is 69.3 Å². The van der Waals surface area contributed by atoms with Gasteiger partial charge in [0.25, 0.3) is 0 Å². The van der Waals surface area contributed by atoms with E-state index in [-0.39, 0.29) is 11.2 Å². The summed E-state index contributed by atoms with van der Waals surface area (Å²) in [6.07, 6.45) is 19.6. The average molecular weight is 376 g/mol. The molecule has 152 valence electrons. The lowest BCUT2D eigenvalue weighted by Crippen LogP contribution is -2.48. The number of rotatable bonds is 9. The Hall–Kier alpha value is -0.940. The topological polar surface area (TPSA) is 53.7 Å². The molecule has 0 aromatic heterocycles. The van der Waals surface area contributed by atoms with Gasteiger partial charge < -0.3 is 19.9 Å². The molecule has 2 fully saturated rings. The van der Waals surface area contributed by atoms with Gasteiger partial charge in [-0.25, -0.2) is 0 Å². The first-order chi connectivity index (χ1) is 13.1. The molecule has 3 aliphatic rings. The molecule has 0 aromatic rings. The van der Waals surface area contributed by atoms with Crippen LogP contribution in [0.2, 0.25) is 0 Å². The molecule has 1 unspecified atom stereocenters. The van der Waals surface area contributed by atoms with Crippen molar-refractivity contribution < 1.29 is 14.2 Å². The van der Waals surface area contributed by atoms with Crippen LogP contribution in [0.3, 0.4) is 0 Å². The molecule has 2 aliphatic heterocycles. The molecule has 0 radical (unpaired) electrons. The fourth-order valence-corrected chi connectivity index (χ4v) is 5.27. The van der Waals surface area contributed by atoms with E-state index in [4.69, 9.17) is 19.9 Å². The van der Waals surface area contributed by atoms with E-state index in [1.165, 1.54) is 31.3 Å². The summed E-state index contributed by atoms with van der Waals surface area (Å²) in [5, 5.41) is 0. The number of allylic oxidation sites excluding steroid dienone is 5. The van der Waals surface area contributed by atoms with Crippen LogP contribution < -0.4 is 5.73 Å². The zero-order valence-electron chi connectivity index (χ0n) is 17.2. The lowest BCUT2D eigenvalue weighted by molar-refractivity contribution is -0.188. The second kappa shape index (κ2) is 9.51. The monoisotopic (exact) mass is 375 g/mol. The van der Waals surface area contributed by atoms with Gasteiger partial charge in [0, 0.05) is 20.8 Å². The van der Waals surface area contributed by atoms with Gasteiger partial charge in [-0.3, -0.25) is 0 Å². The molecule has 4 heteroatoms. The van der Waals surface area contributed by atoms with Crippen LogP contribution in [0.5, 0.6) is 0 Å². The van der Waals surface area contributed by atoms with Crippen LogP contribution in [0.4, 0.5) is 0 Å². The first kappa shape index (κ1) is 20.8. The van der Waals surface area contributed by atoms with E-state index in [1.807, 2.05) is 0 Å². The first-order valence-corrected chi connectivity index (χ1v) is 10.6. The van der Waals surface area contributed by atoms with Crippen molar-refractivity contribution in [2.45, 2.75) is 69.0 Å². The first-order valence-electron chi connectivity index (χ1n) is 10.6. The second-order valence-electron chi connectivity index (χ2n) is 8.59. The van der Waals surface area contributed by atoms with Crippen LogP contribution in [-0.2, 0) is 14.2 Å². The molecule has 4 nitrogen and oxygen atoms in total. The Morgan fingerprint density at radius 1 is 1.19 bits per heavy atom. The van der Waals surface area contributed by atoms with Crippen LogP contribution in [0, 0.1) is 5.92 Å². The Kier molecular flexibility index (Phi) is 7.32. The van der Waals surface area contributed by atoms with Crippen LogP contribution in [0.25, 0.3) is 0 Å². The SMILES string of the molecule is COC[C@@]12CC[C@@](COC)(CC(C(/C=C\CN)=C/CC3=CCCCC3)C1)O2. The number of nitrogens with two attached hydrogens (primary N) is 1. The van der Waals surface area contributed by atoms with Crippen molar-refractivity contribution in [2.24, 2.45) is 11.7 Å². The number of hydrogen-bond donors (Lipinski definition) is 1. The smallest absolute Gasteiger partial charge is 0.0930 e. The Labute approximate surface area is 164 Å². The number of methoxy groups -OCH3 is 2. The minimum Gasteiger partial charge on any atom is -0.382 e. The van der Waals surface area contributed by atoms with E-state index >= 15 is 0 Å². The molecule has 3 atom stereocenters. The third-order valence-corrected chi connectivity index (χ3v) is 6.42.